The van der Waals surface area contributed by atoms with E-state index >= 15 is 0 Å². The minimum Gasteiger partial charge on any atom is -0.481 e. The van der Waals surface area contributed by atoms with Crippen LogP contribution in [0.5, 0.6) is 0 Å². The maximum absolute atomic E-state index is 12.2. The average Bonchev–Trinajstić information content (AvgIpc) is 2.37. The van der Waals surface area contributed by atoms with Crippen LogP contribution in [0.15, 0.2) is 0 Å². The van der Waals surface area contributed by atoms with Crippen LogP contribution in [0.2, 0.25) is 0 Å². The lowest BCUT2D eigenvalue weighted by Gasteiger charge is -2.27. The van der Waals surface area contributed by atoms with Crippen LogP contribution in [-0.4, -0.2) is 67.2 Å². The summed E-state index contributed by atoms with van der Waals surface area (Å²) in [5, 5.41) is 11.6. The molecule has 1 unspecified atom stereocenters. The lowest BCUT2D eigenvalue weighted by Crippen LogP contribution is -2.45. The van der Waals surface area contributed by atoms with Crippen molar-refractivity contribution in [3.8, 4) is 0 Å². The van der Waals surface area contributed by atoms with Gasteiger partial charge in [-0.25, -0.2) is 4.79 Å². The molecular formula is C15H31N3O3. The standard InChI is InChI=1S/C15H31N3O3/c1-12(2)11-18(9-8-17(4)5)15(21)16-10-13(3)6-7-14(19)20/h12-13H,6-11H2,1-5H3,(H,16,21)(H,19,20). The Morgan fingerprint density at radius 1 is 1.14 bits per heavy atom. The van der Waals surface area contributed by atoms with Crippen molar-refractivity contribution in [2.75, 3.05) is 40.3 Å². The van der Waals surface area contributed by atoms with E-state index in [9.17, 15) is 9.59 Å². The zero-order valence-electron chi connectivity index (χ0n) is 14.1. The molecule has 0 rings (SSSR count). The highest BCUT2D eigenvalue weighted by molar-refractivity contribution is 5.74. The molecule has 0 heterocycles. The van der Waals surface area contributed by atoms with E-state index in [-0.39, 0.29) is 18.4 Å². The first-order chi connectivity index (χ1) is 9.72. The largest absolute Gasteiger partial charge is 0.481 e. The fourth-order valence-electron chi connectivity index (χ4n) is 1.88. The molecule has 0 aliphatic carbocycles. The van der Waals surface area contributed by atoms with Crippen LogP contribution >= 0.6 is 0 Å². The van der Waals surface area contributed by atoms with Crippen molar-refractivity contribution in [3.05, 3.63) is 0 Å². The van der Waals surface area contributed by atoms with E-state index in [1.165, 1.54) is 0 Å². The zero-order valence-corrected chi connectivity index (χ0v) is 14.1. The molecule has 0 aliphatic rings. The number of carbonyl (C=O) groups is 2. The maximum atomic E-state index is 12.2. The molecule has 2 amide bonds. The quantitative estimate of drug-likeness (QED) is 0.644. The molecule has 2 N–H and O–H groups in total. The number of amides is 2. The Morgan fingerprint density at radius 2 is 1.76 bits per heavy atom. The van der Waals surface area contributed by atoms with E-state index in [0.717, 1.165) is 13.1 Å². The molecular weight excluding hydrogens is 270 g/mol. The highest BCUT2D eigenvalue weighted by Gasteiger charge is 2.15. The summed E-state index contributed by atoms with van der Waals surface area (Å²) in [6, 6.07) is -0.0623. The number of rotatable bonds is 10. The third kappa shape index (κ3) is 11.1. The van der Waals surface area contributed by atoms with Crippen molar-refractivity contribution in [3.63, 3.8) is 0 Å². The number of nitrogens with one attached hydrogen (secondary N) is 1. The van der Waals surface area contributed by atoms with Crippen molar-refractivity contribution in [2.45, 2.75) is 33.6 Å². The monoisotopic (exact) mass is 301 g/mol. The number of carbonyl (C=O) groups excluding carboxylic acids is 1. The number of hydrogen-bond donors (Lipinski definition) is 2. The average molecular weight is 301 g/mol. The van der Waals surface area contributed by atoms with Gasteiger partial charge in [-0.3, -0.25) is 4.79 Å². The van der Waals surface area contributed by atoms with Crippen LogP contribution in [0, 0.1) is 11.8 Å². The van der Waals surface area contributed by atoms with E-state index < -0.39 is 5.97 Å². The van der Waals surface area contributed by atoms with Gasteiger partial charge < -0.3 is 20.2 Å². The third-order valence-corrected chi connectivity index (χ3v) is 3.14. The lowest BCUT2D eigenvalue weighted by atomic mass is 10.1. The molecule has 0 radical (unpaired) electrons. The minimum absolute atomic E-state index is 0.0623. The number of hydrogen-bond acceptors (Lipinski definition) is 3. The fourth-order valence-corrected chi connectivity index (χ4v) is 1.88. The number of carboxylic acid groups (broad SMARTS) is 1. The first kappa shape index (κ1) is 19.7. The fraction of sp³-hybridized carbons (Fsp3) is 0.867. The Bertz CT molecular complexity index is 319. The molecule has 0 aromatic rings. The molecule has 6 heteroatoms. The van der Waals surface area contributed by atoms with Crippen LogP contribution in [0.25, 0.3) is 0 Å². The third-order valence-electron chi connectivity index (χ3n) is 3.14. The Hall–Kier alpha value is -1.30. The van der Waals surface area contributed by atoms with Crippen LogP contribution in [0.3, 0.4) is 0 Å². The second-order valence-corrected chi connectivity index (χ2v) is 6.37. The predicted molar refractivity (Wildman–Crippen MR) is 84.4 cm³/mol. The second-order valence-electron chi connectivity index (χ2n) is 6.37. The zero-order chi connectivity index (χ0) is 16.4. The summed E-state index contributed by atoms with van der Waals surface area (Å²) < 4.78 is 0. The van der Waals surface area contributed by atoms with E-state index in [1.807, 2.05) is 25.9 Å². The van der Waals surface area contributed by atoms with Gasteiger partial charge in [-0.15, -0.1) is 0 Å². The summed E-state index contributed by atoms with van der Waals surface area (Å²) in [5.41, 5.74) is 0. The van der Waals surface area contributed by atoms with Gasteiger partial charge in [0, 0.05) is 32.6 Å². The summed E-state index contributed by atoms with van der Waals surface area (Å²) >= 11 is 0. The molecule has 124 valence electrons. The number of aliphatic carboxylic acids is 1. The molecule has 1 atom stereocenters. The molecule has 0 saturated heterocycles. The maximum Gasteiger partial charge on any atom is 0.317 e. The summed E-state index contributed by atoms with van der Waals surface area (Å²) in [6.45, 7) is 8.90. The first-order valence-electron chi connectivity index (χ1n) is 7.61. The van der Waals surface area contributed by atoms with Crippen LogP contribution in [0.1, 0.15) is 33.6 Å². The van der Waals surface area contributed by atoms with Gasteiger partial charge in [0.05, 0.1) is 0 Å². The molecule has 0 spiro atoms. The first-order valence-corrected chi connectivity index (χ1v) is 7.61. The Kier molecular flexibility index (Phi) is 9.78. The van der Waals surface area contributed by atoms with Crippen LogP contribution < -0.4 is 5.32 Å². The smallest absolute Gasteiger partial charge is 0.317 e. The SMILES string of the molecule is CC(C)CN(CCN(C)C)C(=O)NCC(C)CCC(=O)O. The molecule has 0 aliphatic heterocycles. The van der Waals surface area contributed by atoms with Crippen molar-refractivity contribution in [1.29, 1.82) is 0 Å². The van der Waals surface area contributed by atoms with Gasteiger partial charge in [-0.05, 0) is 32.4 Å². The van der Waals surface area contributed by atoms with Gasteiger partial charge in [-0.1, -0.05) is 20.8 Å². The number of nitrogens with zero attached hydrogens (tertiary/aromatic N) is 2. The van der Waals surface area contributed by atoms with E-state index in [1.54, 1.807) is 0 Å². The van der Waals surface area contributed by atoms with Gasteiger partial charge in [0.2, 0.25) is 0 Å². The highest BCUT2D eigenvalue weighted by Crippen LogP contribution is 2.05. The molecule has 6 nitrogen and oxygen atoms in total. The van der Waals surface area contributed by atoms with Crippen molar-refractivity contribution in [1.82, 2.24) is 15.1 Å². The Labute approximate surface area is 128 Å². The topological polar surface area (TPSA) is 72.9 Å². The second kappa shape index (κ2) is 10.4. The highest BCUT2D eigenvalue weighted by atomic mass is 16.4. The normalized spacial score (nSPS) is 12.5. The Balaban J connectivity index is 4.22. The van der Waals surface area contributed by atoms with E-state index in [4.69, 9.17) is 5.11 Å². The van der Waals surface area contributed by atoms with Crippen molar-refractivity contribution < 1.29 is 14.7 Å². The molecule has 0 aromatic heterocycles. The van der Waals surface area contributed by atoms with Gasteiger partial charge >= 0.3 is 12.0 Å². The molecule has 0 bridgehead atoms. The molecule has 0 saturated carbocycles. The van der Waals surface area contributed by atoms with E-state index in [2.05, 4.69) is 24.1 Å². The predicted octanol–water partition coefficient (Wildman–Crippen LogP) is 1.72. The summed E-state index contributed by atoms with van der Waals surface area (Å²) in [5.74, 6) is -0.206. The Morgan fingerprint density at radius 3 is 2.24 bits per heavy atom. The molecule has 0 aromatic carbocycles. The molecule has 0 fully saturated rings. The summed E-state index contributed by atoms with van der Waals surface area (Å²) in [7, 11) is 3.97. The van der Waals surface area contributed by atoms with Crippen molar-refractivity contribution in [2.24, 2.45) is 11.8 Å². The van der Waals surface area contributed by atoms with Gasteiger partial charge in [-0.2, -0.15) is 0 Å². The molecule has 21 heavy (non-hydrogen) atoms. The van der Waals surface area contributed by atoms with E-state index in [0.29, 0.717) is 25.4 Å². The number of likely N-dealkylation sites (N-methyl/N-ethyl adjacent to an activating group) is 1. The van der Waals surface area contributed by atoms with Crippen LogP contribution in [0.4, 0.5) is 4.79 Å². The lowest BCUT2D eigenvalue weighted by molar-refractivity contribution is -0.137. The van der Waals surface area contributed by atoms with Gasteiger partial charge in [0.15, 0.2) is 0 Å². The summed E-state index contributed by atoms with van der Waals surface area (Å²) in [6.07, 6.45) is 0.727. The minimum atomic E-state index is -0.791. The van der Waals surface area contributed by atoms with Gasteiger partial charge in [0.1, 0.15) is 0 Å². The van der Waals surface area contributed by atoms with Crippen LogP contribution in [-0.2, 0) is 4.79 Å². The number of urea groups is 1. The summed E-state index contributed by atoms with van der Waals surface area (Å²) in [4.78, 5) is 26.6. The number of carboxylic acids is 1. The van der Waals surface area contributed by atoms with Gasteiger partial charge in [0.25, 0.3) is 0 Å². The van der Waals surface area contributed by atoms with Crippen molar-refractivity contribution >= 4 is 12.0 Å².